The molecule has 0 bridgehead atoms. The summed E-state index contributed by atoms with van der Waals surface area (Å²) >= 11 is 0. The number of nitrogens with zero attached hydrogens (tertiary/aromatic N) is 1. The van der Waals surface area contributed by atoms with Crippen molar-refractivity contribution in [1.29, 1.82) is 0 Å². The number of hydrogen-bond donors (Lipinski definition) is 3. The highest BCUT2D eigenvalue weighted by atomic mass is 16.5. The second-order valence-electron chi connectivity index (χ2n) is 6.76. The number of benzene rings is 2. The molecule has 1 atom stereocenters. The molecule has 3 amide bonds. The zero-order valence-corrected chi connectivity index (χ0v) is 16.3. The summed E-state index contributed by atoms with van der Waals surface area (Å²) in [5.41, 5.74) is 2.03. The van der Waals surface area contributed by atoms with Gasteiger partial charge in [-0.25, -0.2) is 4.79 Å². The number of anilines is 1. The Bertz CT molecular complexity index is 804. The third kappa shape index (κ3) is 4.61. The molecule has 3 N–H and O–H groups in total. The van der Waals surface area contributed by atoms with Gasteiger partial charge < -0.3 is 19.9 Å². The molecule has 0 unspecified atom stereocenters. The third-order valence-corrected chi connectivity index (χ3v) is 5.09. The summed E-state index contributed by atoms with van der Waals surface area (Å²) in [7, 11) is 3.16. The van der Waals surface area contributed by atoms with Gasteiger partial charge in [0.25, 0.3) is 5.91 Å². The number of amides is 3. The first-order valence-electron chi connectivity index (χ1n) is 9.43. The lowest BCUT2D eigenvalue weighted by Gasteiger charge is -2.37. The molecule has 2 aromatic rings. The van der Waals surface area contributed by atoms with Crippen LogP contribution >= 0.6 is 0 Å². The summed E-state index contributed by atoms with van der Waals surface area (Å²) < 4.78 is 5.32. The van der Waals surface area contributed by atoms with Crippen molar-refractivity contribution >= 4 is 17.6 Å². The number of carbonyl (C=O) groups excluding carboxylic acids is 2. The van der Waals surface area contributed by atoms with Crippen molar-refractivity contribution in [3.05, 3.63) is 60.2 Å². The fraction of sp³-hybridized carbons (Fsp3) is 0.333. The third-order valence-electron chi connectivity index (χ3n) is 5.09. The zero-order valence-electron chi connectivity index (χ0n) is 16.3. The lowest BCUT2D eigenvalue weighted by Crippen LogP contribution is -3.16. The number of imide groups is 1. The van der Waals surface area contributed by atoms with Crippen LogP contribution in [0.5, 0.6) is 5.75 Å². The van der Waals surface area contributed by atoms with Crippen molar-refractivity contribution in [2.75, 3.05) is 45.2 Å². The van der Waals surface area contributed by atoms with Crippen LogP contribution in [0.1, 0.15) is 11.6 Å². The van der Waals surface area contributed by atoms with Crippen LogP contribution in [-0.4, -0.2) is 52.3 Å². The lowest BCUT2D eigenvalue weighted by atomic mass is 10.0. The highest BCUT2D eigenvalue weighted by Crippen LogP contribution is 2.21. The molecule has 0 saturated carbocycles. The molecule has 1 heterocycles. The molecule has 0 radical (unpaired) electrons. The molecule has 7 nitrogen and oxygen atoms in total. The van der Waals surface area contributed by atoms with Crippen molar-refractivity contribution in [2.24, 2.45) is 0 Å². The number of urea groups is 1. The number of methoxy groups -OCH3 is 1. The number of carbonyl (C=O) groups is 2. The van der Waals surface area contributed by atoms with Gasteiger partial charge in [0.2, 0.25) is 0 Å². The van der Waals surface area contributed by atoms with Gasteiger partial charge in [-0.15, -0.1) is 0 Å². The normalized spacial score (nSPS) is 15.6. The van der Waals surface area contributed by atoms with Gasteiger partial charge in [-0.3, -0.25) is 10.1 Å². The Morgan fingerprint density at radius 2 is 1.79 bits per heavy atom. The quantitative estimate of drug-likeness (QED) is 0.707. The predicted octanol–water partition coefficient (Wildman–Crippen LogP) is 0.597. The number of hydrogen-bond acceptors (Lipinski definition) is 4. The first-order valence-corrected chi connectivity index (χ1v) is 9.43. The molecular formula is C21H27N4O3+. The molecule has 2 aromatic carbocycles. The monoisotopic (exact) mass is 383 g/mol. The molecule has 1 aliphatic heterocycles. The highest BCUT2D eigenvalue weighted by Gasteiger charge is 2.35. The SMILES string of the molecule is CNC(=O)NC(=O)[C@H](c1ccccc1)[NH+]1CCN(c2cccc(OC)c2)CC1. The topological polar surface area (TPSA) is 75.1 Å². The van der Waals surface area contributed by atoms with E-state index in [1.807, 2.05) is 48.5 Å². The maximum absolute atomic E-state index is 12.8. The van der Waals surface area contributed by atoms with Crippen LogP contribution < -0.4 is 25.2 Å². The number of ether oxygens (including phenoxy) is 1. The van der Waals surface area contributed by atoms with Gasteiger partial charge in [-0.1, -0.05) is 36.4 Å². The molecule has 1 saturated heterocycles. The predicted molar refractivity (Wildman–Crippen MR) is 108 cm³/mol. The van der Waals surface area contributed by atoms with Crippen molar-refractivity contribution in [3.8, 4) is 5.75 Å². The fourth-order valence-corrected chi connectivity index (χ4v) is 3.61. The lowest BCUT2D eigenvalue weighted by molar-refractivity contribution is -0.922. The summed E-state index contributed by atoms with van der Waals surface area (Å²) in [6.07, 6.45) is 0. The standard InChI is InChI=1S/C21H26N4O3/c1-22-21(27)23-20(26)19(16-7-4-3-5-8-16)25-13-11-24(12-14-25)17-9-6-10-18(15-17)28-2/h3-10,15,19H,11-14H2,1-2H3,(H2,22,23,26,27)/p+1/t19-/m0/s1. The Kier molecular flexibility index (Phi) is 6.49. The summed E-state index contributed by atoms with van der Waals surface area (Å²) in [5, 5.41) is 4.89. The smallest absolute Gasteiger partial charge is 0.321 e. The van der Waals surface area contributed by atoms with Gasteiger partial charge in [0.1, 0.15) is 5.75 Å². The average molecular weight is 383 g/mol. The molecule has 3 rings (SSSR count). The van der Waals surface area contributed by atoms with Crippen LogP contribution in [0.4, 0.5) is 10.5 Å². The highest BCUT2D eigenvalue weighted by molar-refractivity contribution is 5.96. The fourth-order valence-electron chi connectivity index (χ4n) is 3.61. The first-order chi connectivity index (χ1) is 13.6. The number of piperazine rings is 1. The minimum absolute atomic E-state index is 0.282. The molecule has 0 aromatic heterocycles. The molecule has 148 valence electrons. The summed E-state index contributed by atoms with van der Waals surface area (Å²) in [4.78, 5) is 27.9. The Labute approximate surface area is 165 Å². The zero-order chi connectivity index (χ0) is 19.9. The van der Waals surface area contributed by atoms with Crippen LogP contribution in [0, 0.1) is 0 Å². The number of rotatable bonds is 5. The van der Waals surface area contributed by atoms with Crippen LogP contribution in [-0.2, 0) is 4.79 Å². The Balaban J connectivity index is 1.73. The summed E-state index contributed by atoms with van der Waals surface area (Å²) in [6, 6.07) is 16.7. The maximum atomic E-state index is 12.8. The van der Waals surface area contributed by atoms with Gasteiger partial charge in [0.15, 0.2) is 6.04 Å². The molecule has 0 aliphatic carbocycles. The van der Waals surface area contributed by atoms with Crippen molar-refractivity contribution in [2.45, 2.75) is 6.04 Å². The Hall–Kier alpha value is -3.06. The molecule has 28 heavy (non-hydrogen) atoms. The largest absolute Gasteiger partial charge is 0.497 e. The van der Waals surface area contributed by atoms with E-state index in [1.165, 1.54) is 7.05 Å². The van der Waals surface area contributed by atoms with Crippen LogP contribution in [0.15, 0.2) is 54.6 Å². The van der Waals surface area contributed by atoms with E-state index in [1.54, 1.807) is 7.11 Å². The molecule has 7 heteroatoms. The molecular weight excluding hydrogens is 356 g/mol. The van der Waals surface area contributed by atoms with Gasteiger partial charge in [0.05, 0.1) is 33.3 Å². The molecule has 0 spiro atoms. The van der Waals surface area contributed by atoms with Crippen LogP contribution in [0.25, 0.3) is 0 Å². The van der Waals surface area contributed by atoms with E-state index in [-0.39, 0.29) is 5.91 Å². The second-order valence-corrected chi connectivity index (χ2v) is 6.76. The first kappa shape index (κ1) is 19.7. The number of quaternary nitrogens is 1. The summed E-state index contributed by atoms with van der Waals surface area (Å²) in [6.45, 7) is 3.22. The van der Waals surface area contributed by atoms with Crippen LogP contribution in [0.3, 0.4) is 0 Å². The van der Waals surface area contributed by atoms with Gasteiger partial charge in [0, 0.05) is 24.4 Å². The van der Waals surface area contributed by atoms with E-state index >= 15 is 0 Å². The van der Waals surface area contributed by atoms with Gasteiger partial charge in [-0.05, 0) is 12.1 Å². The van der Waals surface area contributed by atoms with Crippen molar-refractivity contribution in [1.82, 2.24) is 10.6 Å². The van der Waals surface area contributed by atoms with E-state index in [4.69, 9.17) is 4.74 Å². The number of nitrogens with one attached hydrogen (secondary N) is 3. The maximum Gasteiger partial charge on any atom is 0.321 e. The van der Waals surface area contributed by atoms with E-state index in [2.05, 4.69) is 21.6 Å². The average Bonchev–Trinajstić information content (AvgIpc) is 2.75. The van der Waals surface area contributed by atoms with Crippen LogP contribution in [0.2, 0.25) is 0 Å². The minimum Gasteiger partial charge on any atom is -0.497 e. The van der Waals surface area contributed by atoms with Gasteiger partial charge in [-0.2, -0.15) is 0 Å². The van der Waals surface area contributed by atoms with Crippen molar-refractivity contribution in [3.63, 3.8) is 0 Å². The van der Waals surface area contributed by atoms with Gasteiger partial charge >= 0.3 is 6.03 Å². The minimum atomic E-state index is -0.486. The van der Waals surface area contributed by atoms with Crippen molar-refractivity contribution < 1.29 is 19.2 Å². The van der Waals surface area contributed by atoms with E-state index in [0.29, 0.717) is 0 Å². The van der Waals surface area contributed by atoms with E-state index < -0.39 is 12.1 Å². The second kappa shape index (κ2) is 9.23. The molecule has 1 aliphatic rings. The Morgan fingerprint density at radius 1 is 1.07 bits per heavy atom. The molecule has 1 fully saturated rings. The van der Waals surface area contributed by atoms with E-state index in [0.717, 1.165) is 48.1 Å². The summed E-state index contributed by atoms with van der Waals surface area (Å²) in [5.74, 6) is 0.551. The Morgan fingerprint density at radius 3 is 2.43 bits per heavy atom. The van der Waals surface area contributed by atoms with E-state index in [9.17, 15) is 9.59 Å².